The standard InChI is InChI=1S/C20H24N2O3/c1-18-12-22(20(11-21)10-14(18)7-8-19(18,20)2)17(23)13-5-6-15(24-3)16(9-13)25-4/h5-6,9,14H,7-8,10,12H2,1-4H3/t14-,18-,19-,20-/m0/s1. The zero-order valence-electron chi connectivity index (χ0n) is 15.3. The molecule has 2 aliphatic carbocycles. The smallest absolute Gasteiger partial charge is 0.255 e. The summed E-state index contributed by atoms with van der Waals surface area (Å²) in [5.41, 5.74) is -0.224. The first kappa shape index (κ1) is 16.3. The minimum atomic E-state index is -0.686. The maximum atomic E-state index is 13.3. The predicted molar refractivity (Wildman–Crippen MR) is 92.5 cm³/mol. The third kappa shape index (κ3) is 1.65. The van der Waals surface area contributed by atoms with Gasteiger partial charge in [-0.25, -0.2) is 0 Å². The highest BCUT2D eigenvalue weighted by atomic mass is 16.5. The number of carbonyl (C=O) groups excluding carboxylic acids is 1. The van der Waals surface area contributed by atoms with Crippen LogP contribution in [0.2, 0.25) is 0 Å². The molecule has 5 nitrogen and oxygen atoms in total. The van der Waals surface area contributed by atoms with Crippen molar-refractivity contribution in [1.82, 2.24) is 4.90 Å². The highest BCUT2D eigenvalue weighted by Crippen LogP contribution is 2.75. The van der Waals surface area contributed by atoms with Crippen LogP contribution < -0.4 is 9.47 Å². The zero-order chi connectivity index (χ0) is 18.0. The molecule has 4 rings (SSSR count). The van der Waals surface area contributed by atoms with Crippen LogP contribution >= 0.6 is 0 Å². The van der Waals surface area contributed by atoms with Crippen LogP contribution in [0.25, 0.3) is 0 Å². The average Bonchev–Trinajstić information content (AvgIpc) is 3.08. The molecule has 1 aliphatic heterocycles. The summed E-state index contributed by atoms with van der Waals surface area (Å²) < 4.78 is 10.6. The fourth-order valence-electron chi connectivity index (χ4n) is 5.88. The minimum absolute atomic E-state index is 0.0367. The van der Waals surface area contributed by atoms with E-state index in [4.69, 9.17) is 9.47 Å². The van der Waals surface area contributed by atoms with Crippen LogP contribution in [0, 0.1) is 28.1 Å². The largest absolute Gasteiger partial charge is 0.493 e. The van der Waals surface area contributed by atoms with Crippen molar-refractivity contribution in [3.63, 3.8) is 0 Å². The van der Waals surface area contributed by atoms with Gasteiger partial charge >= 0.3 is 0 Å². The molecule has 1 heterocycles. The van der Waals surface area contributed by atoms with Crippen LogP contribution in [0.1, 0.15) is 43.5 Å². The summed E-state index contributed by atoms with van der Waals surface area (Å²) in [7, 11) is 3.13. The average molecular weight is 340 g/mol. The lowest BCUT2D eigenvalue weighted by atomic mass is 9.66. The molecule has 5 heteroatoms. The second-order valence-electron chi connectivity index (χ2n) is 8.12. The molecule has 1 amide bonds. The van der Waals surface area contributed by atoms with Crippen LogP contribution in [0.15, 0.2) is 18.2 Å². The van der Waals surface area contributed by atoms with Gasteiger partial charge in [0, 0.05) is 17.5 Å². The Bertz CT molecular complexity index is 801. The highest BCUT2D eigenvalue weighted by Gasteiger charge is 2.78. The summed E-state index contributed by atoms with van der Waals surface area (Å²) in [4.78, 5) is 15.1. The van der Waals surface area contributed by atoms with Crippen LogP contribution in [-0.2, 0) is 0 Å². The van der Waals surface area contributed by atoms with E-state index in [9.17, 15) is 10.1 Å². The monoisotopic (exact) mass is 340 g/mol. The molecule has 0 aromatic heterocycles. The summed E-state index contributed by atoms with van der Waals surface area (Å²) in [6, 6.07) is 7.78. The van der Waals surface area contributed by atoms with Crippen LogP contribution in [0.5, 0.6) is 11.5 Å². The number of amides is 1. The second-order valence-corrected chi connectivity index (χ2v) is 8.12. The number of hydrogen-bond acceptors (Lipinski definition) is 4. The first-order valence-corrected chi connectivity index (χ1v) is 8.82. The number of nitrogens with zero attached hydrogens (tertiary/aromatic N) is 2. The SMILES string of the molecule is COc1ccc(C(=O)N2C[C@@]3(C)[C@H]4CC[C@]3(C)[C@@]2(C#N)C4)cc1OC. The summed E-state index contributed by atoms with van der Waals surface area (Å²) in [5, 5.41) is 10.1. The molecule has 1 aromatic carbocycles. The van der Waals surface area contributed by atoms with Gasteiger partial charge in [-0.2, -0.15) is 5.26 Å². The fraction of sp³-hybridized carbons (Fsp3) is 0.600. The molecule has 1 saturated heterocycles. The van der Waals surface area contributed by atoms with Crippen molar-refractivity contribution in [2.24, 2.45) is 16.7 Å². The highest BCUT2D eigenvalue weighted by molar-refractivity contribution is 5.96. The number of piperidine rings is 1. The summed E-state index contributed by atoms with van der Waals surface area (Å²) in [6.45, 7) is 5.14. The van der Waals surface area contributed by atoms with Gasteiger partial charge in [-0.05, 0) is 48.8 Å². The number of ether oxygens (including phenoxy) is 2. The normalized spacial score (nSPS) is 37.9. The molecular weight excluding hydrogens is 316 g/mol. The van der Waals surface area contributed by atoms with E-state index in [1.807, 2.05) is 4.90 Å². The van der Waals surface area contributed by atoms with Gasteiger partial charge in [-0.1, -0.05) is 13.8 Å². The van der Waals surface area contributed by atoms with Crippen molar-refractivity contribution in [2.45, 2.75) is 38.6 Å². The molecule has 1 aromatic rings. The molecule has 4 atom stereocenters. The van der Waals surface area contributed by atoms with E-state index in [1.165, 1.54) is 6.42 Å². The topological polar surface area (TPSA) is 62.6 Å². The third-order valence-corrected chi connectivity index (χ3v) is 7.62. The lowest BCUT2D eigenvalue weighted by molar-refractivity contribution is 0.0429. The van der Waals surface area contributed by atoms with Crippen LogP contribution in [0.4, 0.5) is 0 Å². The Morgan fingerprint density at radius 1 is 1.28 bits per heavy atom. The molecule has 0 N–H and O–H groups in total. The van der Waals surface area contributed by atoms with Crippen LogP contribution in [-0.4, -0.2) is 37.1 Å². The molecule has 2 saturated carbocycles. The Labute approximate surface area is 148 Å². The molecule has 3 aliphatic rings. The van der Waals surface area contributed by atoms with E-state index in [2.05, 4.69) is 19.9 Å². The van der Waals surface area contributed by atoms with Gasteiger partial charge in [0.25, 0.3) is 5.91 Å². The first-order chi connectivity index (χ1) is 11.9. The summed E-state index contributed by atoms with van der Waals surface area (Å²) >= 11 is 0. The first-order valence-electron chi connectivity index (χ1n) is 8.82. The maximum absolute atomic E-state index is 13.3. The predicted octanol–water partition coefficient (Wildman–Crippen LogP) is 3.25. The molecule has 3 fully saturated rings. The molecule has 0 unspecified atom stereocenters. The van der Waals surface area contributed by atoms with Crippen molar-refractivity contribution in [1.29, 1.82) is 5.26 Å². The molecule has 132 valence electrons. The number of nitriles is 1. The summed E-state index contributed by atoms with van der Waals surface area (Å²) in [6.07, 6.45) is 3.00. The Morgan fingerprint density at radius 2 is 2.00 bits per heavy atom. The van der Waals surface area contributed by atoms with Crippen molar-refractivity contribution < 1.29 is 14.3 Å². The van der Waals surface area contributed by atoms with Gasteiger partial charge in [0.2, 0.25) is 0 Å². The van der Waals surface area contributed by atoms with E-state index in [1.54, 1.807) is 32.4 Å². The maximum Gasteiger partial charge on any atom is 0.255 e. The van der Waals surface area contributed by atoms with Crippen molar-refractivity contribution >= 4 is 5.91 Å². The fourth-order valence-corrected chi connectivity index (χ4v) is 5.88. The van der Waals surface area contributed by atoms with Gasteiger partial charge in [0.1, 0.15) is 5.54 Å². The Kier molecular flexibility index (Phi) is 3.19. The zero-order valence-corrected chi connectivity index (χ0v) is 15.3. The number of carbonyl (C=O) groups is 1. The molecular formula is C20H24N2O3. The van der Waals surface area contributed by atoms with Crippen LogP contribution in [0.3, 0.4) is 0 Å². The van der Waals surface area contributed by atoms with E-state index in [-0.39, 0.29) is 16.7 Å². The molecule has 0 radical (unpaired) electrons. The van der Waals surface area contributed by atoms with Crippen molar-refractivity contribution in [2.75, 3.05) is 20.8 Å². The number of likely N-dealkylation sites (tertiary alicyclic amines) is 1. The van der Waals surface area contributed by atoms with E-state index in [0.717, 1.165) is 12.8 Å². The van der Waals surface area contributed by atoms with Gasteiger partial charge < -0.3 is 14.4 Å². The van der Waals surface area contributed by atoms with Crippen molar-refractivity contribution in [3.05, 3.63) is 23.8 Å². The molecule has 0 spiro atoms. The van der Waals surface area contributed by atoms with Crippen molar-refractivity contribution in [3.8, 4) is 17.6 Å². The number of hydrogen-bond donors (Lipinski definition) is 0. The van der Waals surface area contributed by atoms with Gasteiger partial charge in [-0.15, -0.1) is 0 Å². The third-order valence-electron chi connectivity index (χ3n) is 7.62. The number of methoxy groups -OCH3 is 2. The molecule has 4 bridgehead atoms. The minimum Gasteiger partial charge on any atom is -0.493 e. The Hall–Kier alpha value is -2.22. The van der Waals surface area contributed by atoms with E-state index in [0.29, 0.717) is 29.5 Å². The number of rotatable bonds is 3. The van der Waals surface area contributed by atoms with Gasteiger partial charge in [-0.3, -0.25) is 4.79 Å². The number of benzene rings is 1. The van der Waals surface area contributed by atoms with E-state index < -0.39 is 5.54 Å². The summed E-state index contributed by atoms with van der Waals surface area (Å²) in [5.74, 6) is 1.59. The Morgan fingerprint density at radius 3 is 2.60 bits per heavy atom. The quantitative estimate of drug-likeness (QED) is 0.847. The molecule has 25 heavy (non-hydrogen) atoms. The van der Waals surface area contributed by atoms with Gasteiger partial charge in [0.15, 0.2) is 11.5 Å². The lowest BCUT2D eigenvalue weighted by Gasteiger charge is -2.43. The van der Waals surface area contributed by atoms with Gasteiger partial charge in [0.05, 0.1) is 20.3 Å². The Balaban J connectivity index is 1.75. The second kappa shape index (κ2) is 4.91. The van der Waals surface area contributed by atoms with E-state index >= 15 is 0 Å². The lowest BCUT2D eigenvalue weighted by Crippen LogP contribution is -2.54.